The molecule has 104 valence electrons. The highest BCUT2D eigenvalue weighted by atomic mass is 19.2. The van der Waals surface area contributed by atoms with Gasteiger partial charge in [0.2, 0.25) is 0 Å². The molecule has 0 amide bonds. The summed E-state index contributed by atoms with van der Waals surface area (Å²) in [6.07, 6.45) is 0. The Bertz CT molecular complexity index is 661. The smallest absolute Gasteiger partial charge is 0.184 e. The minimum absolute atomic E-state index is 0.167. The van der Waals surface area contributed by atoms with Gasteiger partial charge < -0.3 is 19.9 Å². The lowest BCUT2D eigenvalue weighted by Gasteiger charge is -2.20. The summed E-state index contributed by atoms with van der Waals surface area (Å²) in [7, 11) is 0. The predicted octanol–water partition coefficient (Wildman–Crippen LogP) is 3.11. The fraction of sp³-hybridized carbons (Fsp3) is 0.143. The van der Waals surface area contributed by atoms with Crippen molar-refractivity contribution in [2.45, 2.75) is 0 Å². The lowest BCUT2D eigenvalue weighted by molar-refractivity contribution is 0.172. The van der Waals surface area contributed by atoms with Crippen molar-refractivity contribution in [1.82, 2.24) is 0 Å². The Morgan fingerprint density at radius 3 is 2.55 bits per heavy atom. The molecule has 0 fully saturated rings. The highest BCUT2D eigenvalue weighted by molar-refractivity contribution is 5.64. The van der Waals surface area contributed by atoms with Gasteiger partial charge in [0, 0.05) is 18.2 Å². The quantitative estimate of drug-likeness (QED) is 0.858. The third-order valence-corrected chi connectivity index (χ3v) is 2.77. The van der Waals surface area contributed by atoms with Gasteiger partial charge in [0.15, 0.2) is 23.1 Å². The lowest BCUT2D eigenvalue weighted by atomic mass is 10.2. The topological polar surface area (TPSA) is 53.7 Å². The van der Waals surface area contributed by atoms with Gasteiger partial charge in [-0.3, -0.25) is 0 Å². The molecule has 6 heteroatoms. The van der Waals surface area contributed by atoms with E-state index in [-0.39, 0.29) is 5.75 Å². The molecular formula is C14H11F2NO3. The van der Waals surface area contributed by atoms with Crippen LogP contribution in [0.25, 0.3) is 0 Å². The Labute approximate surface area is 113 Å². The van der Waals surface area contributed by atoms with E-state index < -0.39 is 11.6 Å². The summed E-state index contributed by atoms with van der Waals surface area (Å²) in [4.78, 5) is 0. The second kappa shape index (κ2) is 4.88. The summed E-state index contributed by atoms with van der Waals surface area (Å²) in [6, 6.07) is 6.40. The highest BCUT2D eigenvalue weighted by Crippen LogP contribution is 2.40. The monoisotopic (exact) mass is 279 g/mol. The van der Waals surface area contributed by atoms with E-state index in [2.05, 4.69) is 0 Å². The number of hydrogen-bond donors (Lipinski definition) is 1. The summed E-state index contributed by atoms with van der Waals surface area (Å²) < 4.78 is 42.2. The lowest BCUT2D eigenvalue weighted by Crippen LogP contribution is -2.16. The number of nitrogen functional groups attached to an aromatic ring is 1. The van der Waals surface area contributed by atoms with Crippen molar-refractivity contribution < 1.29 is 23.0 Å². The molecule has 0 aromatic heterocycles. The highest BCUT2D eigenvalue weighted by Gasteiger charge is 2.17. The molecule has 2 N–H and O–H groups in total. The van der Waals surface area contributed by atoms with Crippen LogP contribution in [0, 0.1) is 11.6 Å². The fourth-order valence-corrected chi connectivity index (χ4v) is 1.89. The first kappa shape index (κ1) is 12.5. The second-order valence-corrected chi connectivity index (χ2v) is 4.21. The number of nitrogens with two attached hydrogens (primary N) is 1. The largest absolute Gasteiger partial charge is 0.486 e. The molecule has 1 aliphatic rings. The van der Waals surface area contributed by atoms with Crippen LogP contribution in [0.2, 0.25) is 0 Å². The van der Waals surface area contributed by atoms with Crippen LogP contribution >= 0.6 is 0 Å². The minimum atomic E-state index is -0.979. The number of anilines is 1. The van der Waals surface area contributed by atoms with Crippen molar-refractivity contribution in [3.8, 4) is 23.0 Å². The number of ether oxygens (including phenoxy) is 3. The van der Waals surface area contributed by atoms with Crippen LogP contribution < -0.4 is 19.9 Å². The molecular weight excluding hydrogens is 268 g/mol. The molecule has 3 rings (SSSR count). The van der Waals surface area contributed by atoms with Crippen LogP contribution in [0.15, 0.2) is 30.3 Å². The van der Waals surface area contributed by atoms with Crippen LogP contribution in [0.3, 0.4) is 0 Å². The zero-order chi connectivity index (χ0) is 14.1. The molecule has 0 bridgehead atoms. The number of fused-ring (bicyclic) bond motifs is 1. The van der Waals surface area contributed by atoms with Gasteiger partial charge in [-0.15, -0.1) is 0 Å². The molecule has 0 saturated heterocycles. The maximum Gasteiger partial charge on any atom is 0.184 e. The first-order valence-electron chi connectivity index (χ1n) is 5.95. The minimum Gasteiger partial charge on any atom is -0.486 e. The van der Waals surface area contributed by atoms with Gasteiger partial charge in [-0.05, 0) is 12.1 Å². The van der Waals surface area contributed by atoms with Crippen molar-refractivity contribution in [2.75, 3.05) is 18.9 Å². The molecule has 2 aromatic rings. The van der Waals surface area contributed by atoms with E-state index in [9.17, 15) is 8.78 Å². The van der Waals surface area contributed by atoms with Crippen molar-refractivity contribution >= 4 is 5.69 Å². The van der Waals surface area contributed by atoms with Crippen LogP contribution in [0.5, 0.6) is 23.0 Å². The summed E-state index contributed by atoms with van der Waals surface area (Å²) >= 11 is 0. The maximum absolute atomic E-state index is 13.1. The van der Waals surface area contributed by atoms with E-state index in [1.54, 1.807) is 6.07 Å². The number of halogens is 2. The molecule has 0 radical (unpaired) electrons. The van der Waals surface area contributed by atoms with Crippen molar-refractivity contribution in [2.24, 2.45) is 0 Å². The first-order valence-corrected chi connectivity index (χ1v) is 5.95. The summed E-state index contributed by atoms with van der Waals surface area (Å²) in [5.74, 6) is -0.451. The Hall–Kier alpha value is -2.50. The maximum atomic E-state index is 13.1. The van der Waals surface area contributed by atoms with Crippen LogP contribution in [0.1, 0.15) is 0 Å². The molecule has 0 unspecified atom stereocenters. The normalized spacial score (nSPS) is 13.1. The third kappa shape index (κ3) is 2.32. The van der Waals surface area contributed by atoms with Gasteiger partial charge in [0.25, 0.3) is 0 Å². The van der Waals surface area contributed by atoms with E-state index in [0.29, 0.717) is 36.1 Å². The summed E-state index contributed by atoms with van der Waals surface area (Å²) in [5, 5.41) is 0. The molecule has 0 aliphatic carbocycles. The SMILES string of the molecule is Nc1cc(Oc2ccc(F)c(F)c2)cc2c1OCCO2. The van der Waals surface area contributed by atoms with E-state index in [1.807, 2.05) is 0 Å². The van der Waals surface area contributed by atoms with Gasteiger partial charge in [-0.25, -0.2) is 8.78 Å². The average molecular weight is 279 g/mol. The Morgan fingerprint density at radius 1 is 0.950 bits per heavy atom. The van der Waals surface area contributed by atoms with E-state index in [1.165, 1.54) is 12.1 Å². The van der Waals surface area contributed by atoms with Crippen LogP contribution in [-0.4, -0.2) is 13.2 Å². The van der Waals surface area contributed by atoms with Crippen LogP contribution in [-0.2, 0) is 0 Å². The van der Waals surface area contributed by atoms with E-state index in [0.717, 1.165) is 12.1 Å². The number of benzene rings is 2. The predicted molar refractivity (Wildman–Crippen MR) is 68.3 cm³/mol. The molecule has 0 atom stereocenters. The van der Waals surface area contributed by atoms with Crippen molar-refractivity contribution in [3.05, 3.63) is 42.0 Å². The summed E-state index contributed by atoms with van der Waals surface area (Å²) in [6.45, 7) is 0.849. The van der Waals surface area contributed by atoms with Gasteiger partial charge in [-0.1, -0.05) is 0 Å². The Kier molecular flexibility index (Phi) is 3.06. The molecule has 2 aromatic carbocycles. The van der Waals surface area contributed by atoms with Gasteiger partial charge in [0.05, 0.1) is 5.69 Å². The van der Waals surface area contributed by atoms with E-state index in [4.69, 9.17) is 19.9 Å². The zero-order valence-electron chi connectivity index (χ0n) is 10.4. The molecule has 20 heavy (non-hydrogen) atoms. The number of rotatable bonds is 2. The van der Waals surface area contributed by atoms with Crippen LogP contribution in [0.4, 0.5) is 14.5 Å². The molecule has 1 aliphatic heterocycles. The van der Waals surface area contributed by atoms with Gasteiger partial charge >= 0.3 is 0 Å². The molecule has 1 heterocycles. The van der Waals surface area contributed by atoms with Crippen molar-refractivity contribution in [1.29, 1.82) is 0 Å². The van der Waals surface area contributed by atoms with Crippen molar-refractivity contribution in [3.63, 3.8) is 0 Å². The molecule has 0 saturated carbocycles. The Morgan fingerprint density at radius 2 is 1.75 bits per heavy atom. The first-order chi connectivity index (χ1) is 9.63. The number of hydrogen-bond acceptors (Lipinski definition) is 4. The molecule has 4 nitrogen and oxygen atoms in total. The third-order valence-electron chi connectivity index (χ3n) is 2.77. The second-order valence-electron chi connectivity index (χ2n) is 4.21. The summed E-state index contributed by atoms with van der Waals surface area (Å²) in [5.41, 5.74) is 6.19. The standard InChI is InChI=1S/C14H11F2NO3/c15-10-2-1-8(5-11(10)16)20-9-6-12(17)14-13(7-9)18-3-4-19-14/h1-2,5-7H,3-4,17H2. The average Bonchev–Trinajstić information content (AvgIpc) is 2.43. The van der Waals surface area contributed by atoms with Gasteiger partial charge in [-0.2, -0.15) is 0 Å². The Balaban J connectivity index is 1.90. The van der Waals surface area contributed by atoms with Gasteiger partial charge in [0.1, 0.15) is 24.7 Å². The molecule has 0 spiro atoms. The fourth-order valence-electron chi connectivity index (χ4n) is 1.89. The zero-order valence-corrected chi connectivity index (χ0v) is 10.4. The van der Waals surface area contributed by atoms with E-state index >= 15 is 0 Å².